The Morgan fingerprint density at radius 2 is 2.00 bits per heavy atom. The molecule has 0 aliphatic carbocycles. The molecule has 0 fully saturated rings. The maximum Gasteiger partial charge on any atom is 0.161 e. The molecule has 0 atom stereocenters. The van der Waals surface area contributed by atoms with Crippen LogP contribution < -0.4 is 9.47 Å². The lowest BCUT2D eigenvalue weighted by Crippen LogP contribution is -1.98. The molecule has 23 heavy (non-hydrogen) atoms. The van der Waals surface area contributed by atoms with E-state index in [-0.39, 0.29) is 5.57 Å². The Bertz CT molecular complexity index is 786. The largest absolute Gasteiger partial charge is 0.493 e. The minimum Gasteiger partial charge on any atom is -0.493 e. The van der Waals surface area contributed by atoms with Gasteiger partial charge in [-0.2, -0.15) is 10.5 Å². The van der Waals surface area contributed by atoms with Gasteiger partial charge in [0.1, 0.15) is 29.5 Å². The van der Waals surface area contributed by atoms with Crippen molar-refractivity contribution < 1.29 is 9.47 Å². The highest BCUT2D eigenvalue weighted by Gasteiger charge is 2.06. The van der Waals surface area contributed by atoms with Crippen molar-refractivity contribution in [2.75, 3.05) is 7.11 Å². The number of ether oxygens (including phenoxy) is 2. The maximum absolute atomic E-state index is 8.79. The van der Waals surface area contributed by atoms with Gasteiger partial charge in [0.05, 0.1) is 7.11 Å². The highest BCUT2D eigenvalue weighted by atomic mass is 35.5. The van der Waals surface area contributed by atoms with Gasteiger partial charge in [-0.05, 0) is 29.8 Å². The molecule has 0 saturated carbocycles. The third-order valence-electron chi connectivity index (χ3n) is 2.92. The van der Waals surface area contributed by atoms with E-state index in [0.29, 0.717) is 28.8 Å². The van der Waals surface area contributed by atoms with Crippen LogP contribution in [0.4, 0.5) is 0 Å². The van der Waals surface area contributed by atoms with Crippen molar-refractivity contribution in [3.8, 4) is 23.6 Å². The minimum absolute atomic E-state index is 0.0213. The minimum atomic E-state index is 0.0213. The number of methoxy groups -OCH3 is 1. The smallest absolute Gasteiger partial charge is 0.161 e. The molecule has 0 saturated heterocycles. The van der Waals surface area contributed by atoms with Crippen molar-refractivity contribution in [1.29, 1.82) is 10.5 Å². The molecule has 6 heteroatoms. The number of hydrogen-bond acceptors (Lipinski definition) is 5. The Morgan fingerprint density at radius 1 is 1.22 bits per heavy atom. The van der Waals surface area contributed by atoms with E-state index < -0.39 is 0 Å². The molecule has 0 aliphatic rings. The summed E-state index contributed by atoms with van der Waals surface area (Å²) in [5, 5.41) is 18.0. The van der Waals surface area contributed by atoms with Gasteiger partial charge in [-0.25, -0.2) is 4.98 Å². The van der Waals surface area contributed by atoms with Crippen molar-refractivity contribution in [3.63, 3.8) is 0 Å². The Morgan fingerprint density at radius 3 is 2.61 bits per heavy atom. The van der Waals surface area contributed by atoms with Gasteiger partial charge in [0.15, 0.2) is 11.5 Å². The van der Waals surface area contributed by atoms with Crippen LogP contribution in [0.3, 0.4) is 0 Å². The fraction of sp³-hybridized carbons (Fsp3) is 0.118. The molecule has 1 aromatic carbocycles. The normalized spacial score (nSPS) is 9.39. The molecule has 2 aromatic rings. The van der Waals surface area contributed by atoms with Gasteiger partial charge in [-0.1, -0.05) is 23.7 Å². The first-order chi connectivity index (χ1) is 11.2. The topological polar surface area (TPSA) is 78.9 Å². The first kappa shape index (κ1) is 16.4. The highest BCUT2D eigenvalue weighted by Crippen LogP contribution is 2.29. The van der Waals surface area contributed by atoms with E-state index in [2.05, 4.69) is 4.98 Å². The van der Waals surface area contributed by atoms with E-state index in [1.807, 2.05) is 18.2 Å². The number of benzene rings is 1. The Kier molecular flexibility index (Phi) is 5.57. The second-order valence-electron chi connectivity index (χ2n) is 4.47. The number of nitriles is 2. The molecule has 0 N–H and O–H groups in total. The number of allylic oxidation sites excluding steroid dienone is 1. The highest BCUT2D eigenvalue weighted by molar-refractivity contribution is 6.29. The van der Waals surface area contributed by atoms with E-state index in [0.717, 1.165) is 5.56 Å². The van der Waals surface area contributed by atoms with Gasteiger partial charge in [0, 0.05) is 11.8 Å². The van der Waals surface area contributed by atoms with Crippen LogP contribution in [0.15, 0.2) is 42.1 Å². The van der Waals surface area contributed by atoms with Crippen LogP contribution in [-0.2, 0) is 6.61 Å². The van der Waals surface area contributed by atoms with Crippen LogP contribution in [0.5, 0.6) is 11.5 Å². The average molecular weight is 326 g/mol. The molecule has 0 aliphatic heterocycles. The zero-order chi connectivity index (χ0) is 16.7. The monoisotopic (exact) mass is 325 g/mol. The number of nitrogens with zero attached hydrogens (tertiary/aromatic N) is 3. The standard InChI is InChI=1S/C17H12ClN3O2/c1-22-16-7-12(6-14(8-19)9-20)2-4-15(16)23-11-13-3-5-17(18)21-10-13/h2-7,10H,11H2,1H3. The second kappa shape index (κ2) is 7.84. The van der Waals surface area contributed by atoms with E-state index in [1.165, 1.54) is 13.2 Å². The maximum atomic E-state index is 8.79. The summed E-state index contributed by atoms with van der Waals surface area (Å²) in [7, 11) is 1.52. The van der Waals surface area contributed by atoms with Gasteiger partial charge in [0.2, 0.25) is 0 Å². The Labute approximate surface area is 139 Å². The zero-order valence-corrected chi connectivity index (χ0v) is 13.0. The summed E-state index contributed by atoms with van der Waals surface area (Å²) in [4.78, 5) is 3.98. The van der Waals surface area contributed by atoms with Crippen molar-refractivity contribution >= 4 is 17.7 Å². The molecule has 2 rings (SSSR count). The van der Waals surface area contributed by atoms with Crippen LogP contribution in [0.1, 0.15) is 11.1 Å². The number of hydrogen-bond donors (Lipinski definition) is 0. The number of rotatable bonds is 5. The SMILES string of the molecule is COc1cc(C=C(C#N)C#N)ccc1OCc1ccc(Cl)nc1. The van der Waals surface area contributed by atoms with Crippen LogP contribution in [-0.4, -0.2) is 12.1 Å². The van der Waals surface area contributed by atoms with Crippen LogP contribution in [0.25, 0.3) is 6.08 Å². The summed E-state index contributed by atoms with van der Waals surface area (Å²) in [6.07, 6.45) is 3.12. The van der Waals surface area contributed by atoms with Gasteiger partial charge >= 0.3 is 0 Å². The summed E-state index contributed by atoms with van der Waals surface area (Å²) in [5.74, 6) is 1.06. The van der Waals surface area contributed by atoms with E-state index in [4.69, 9.17) is 31.6 Å². The van der Waals surface area contributed by atoms with Crippen LogP contribution in [0.2, 0.25) is 5.15 Å². The molecule has 0 amide bonds. The third-order valence-corrected chi connectivity index (χ3v) is 3.15. The lowest BCUT2D eigenvalue weighted by Gasteiger charge is -2.11. The molecule has 1 aromatic heterocycles. The molecule has 0 radical (unpaired) electrons. The van der Waals surface area contributed by atoms with Crippen molar-refractivity contribution in [1.82, 2.24) is 4.98 Å². The van der Waals surface area contributed by atoms with Gasteiger partial charge in [0.25, 0.3) is 0 Å². The molecule has 0 unspecified atom stereocenters. The quantitative estimate of drug-likeness (QED) is 0.618. The van der Waals surface area contributed by atoms with Gasteiger partial charge < -0.3 is 9.47 Å². The van der Waals surface area contributed by atoms with Gasteiger partial charge in [-0.3, -0.25) is 0 Å². The first-order valence-electron chi connectivity index (χ1n) is 6.59. The van der Waals surface area contributed by atoms with E-state index >= 15 is 0 Å². The molecule has 0 spiro atoms. The van der Waals surface area contributed by atoms with E-state index in [1.54, 1.807) is 30.5 Å². The van der Waals surface area contributed by atoms with Crippen molar-refractivity contribution in [2.45, 2.75) is 6.61 Å². The number of halogens is 1. The summed E-state index contributed by atoms with van der Waals surface area (Å²) in [6, 6.07) is 12.3. The zero-order valence-electron chi connectivity index (χ0n) is 12.3. The van der Waals surface area contributed by atoms with Crippen molar-refractivity contribution in [3.05, 3.63) is 58.4 Å². The fourth-order valence-electron chi connectivity index (χ4n) is 1.80. The van der Waals surface area contributed by atoms with Gasteiger partial charge in [-0.15, -0.1) is 0 Å². The summed E-state index contributed by atoms with van der Waals surface area (Å²) >= 11 is 5.74. The molecular formula is C17H12ClN3O2. The summed E-state index contributed by atoms with van der Waals surface area (Å²) in [6.45, 7) is 0.317. The lowest BCUT2D eigenvalue weighted by atomic mass is 10.1. The summed E-state index contributed by atoms with van der Waals surface area (Å²) < 4.78 is 11.0. The number of aromatic nitrogens is 1. The Balaban J connectivity index is 2.17. The predicted octanol–water partition coefficient (Wildman–Crippen LogP) is 3.75. The third kappa shape index (κ3) is 4.47. The molecule has 5 nitrogen and oxygen atoms in total. The molecule has 0 bridgehead atoms. The first-order valence-corrected chi connectivity index (χ1v) is 6.97. The summed E-state index contributed by atoms with van der Waals surface area (Å²) in [5.41, 5.74) is 1.57. The average Bonchev–Trinajstić information content (AvgIpc) is 2.59. The number of pyridine rings is 1. The van der Waals surface area contributed by atoms with Crippen molar-refractivity contribution in [2.24, 2.45) is 0 Å². The molecule has 1 heterocycles. The molecule has 114 valence electrons. The molecular weight excluding hydrogens is 314 g/mol. The van der Waals surface area contributed by atoms with Crippen LogP contribution >= 0.6 is 11.6 Å². The Hall–Kier alpha value is -3.02. The van der Waals surface area contributed by atoms with E-state index in [9.17, 15) is 0 Å². The second-order valence-corrected chi connectivity index (χ2v) is 4.86. The lowest BCUT2D eigenvalue weighted by molar-refractivity contribution is 0.284. The fourth-order valence-corrected chi connectivity index (χ4v) is 1.91. The van der Waals surface area contributed by atoms with Crippen LogP contribution in [0, 0.1) is 22.7 Å². The predicted molar refractivity (Wildman–Crippen MR) is 85.8 cm³/mol.